The number of aromatic nitrogens is 2. The van der Waals surface area contributed by atoms with Crippen LogP contribution in [0.25, 0.3) is 32.9 Å². The molecule has 0 aliphatic rings. The number of aryl methyl sites for hydroxylation is 1. The molecule has 5 rings (SSSR count). The van der Waals surface area contributed by atoms with Crippen LogP contribution in [-0.2, 0) is 0 Å². The summed E-state index contributed by atoms with van der Waals surface area (Å²) >= 11 is 6.28. The predicted molar refractivity (Wildman–Crippen MR) is 122 cm³/mol. The van der Waals surface area contributed by atoms with Crippen molar-refractivity contribution in [3.63, 3.8) is 0 Å². The fourth-order valence-electron chi connectivity index (χ4n) is 3.65. The fraction of sp³-hybridized carbons (Fsp3) is 0.0400. The topological polar surface area (TPSA) is 55.0 Å². The largest absolute Gasteiger partial charge is 0.449 e. The molecule has 0 fully saturated rings. The molecule has 2 aromatic heterocycles. The molecule has 3 aromatic carbocycles. The van der Waals surface area contributed by atoms with Crippen LogP contribution in [0.4, 0.5) is 0 Å². The number of hydrogen-bond donors (Lipinski definition) is 1. The number of rotatable bonds is 3. The van der Waals surface area contributed by atoms with Gasteiger partial charge in [0.25, 0.3) is 5.56 Å². The number of pyridine rings is 2. The molecule has 0 saturated heterocycles. The number of nitrogens with one attached hydrogen (secondary N) is 1. The third-order valence-electron chi connectivity index (χ3n) is 5.03. The molecule has 0 aliphatic carbocycles. The first-order chi connectivity index (χ1) is 14.6. The molecule has 146 valence electrons. The third-order valence-corrected chi connectivity index (χ3v) is 5.26. The molecule has 0 radical (unpaired) electrons. The SMILES string of the molecule is Cc1ccc2cccc(Oc3c(-c4ccccc4)c4cc(Cl)ccc4[nH]c3=O)c2n1. The average molecular weight is 413 g/mol. The molecule has 30 heavy (non-hydrogen) atoms. The fourth-order valence-corrected chi connectivity index (χ4v) is 3.82. The molecule has 0 bridgehead atoms. The highest BCUT2D eigenvalue weighted by Gasteiger charge is 2.18. The van der Waals surface area contributed by atoms with Crippen LogP contribution in [0.1, 0.15) is 5.69 Å². The molecule has 1 N–H and O–H groups in total. The highest BCUT2D eigenvalue weighted by molar-refractivity contribution is 6.31. The quantitative estimate of drug-likeness (QED) is 0.368. The average Bonchev–Trinajstić information content (AvgIpc) is 2.75. The number of hydrogen-bond acceptors (Lipinski definition) is 3. The van der Waals surface area contributed by atoms with Crippen molar-refractivity contribution in [1.29, 1.82) is 0 Å². The standard InChI is InChI=1S/C25H17ClN2O2/c1-15-10-11-17-8-5-9-21(23(17)27-15)30-24-22(16-6-3-2-4-7-16)19-14-18(26)12-13-20(19)28-25(24)29/h2-14H,1H3,(H,28,29). The minimum absolute atomic E-state index is 0.215. The Labute approximate surface area is 177 Å². The van der Waals surface area contributed by atoms with E-state index < -0.39 is 0 Å². The first-order valence-corrected chi connectivity index (χ1v) is 9.93. The first kappa shape index (κ1) is 18.4. The molecule has 5 aromatic rings. The van der Waals surface area contributed by atoms with E-state index in [1.165, 1.54) is 0 Å². The Kier molecular flexibility index (Phi) is 4.49. The van der Waals surface area contributed by atoms with Crippen molar-refractivity contribution in [2.24, 2.45) is 0 Å². The maximum Gasteiger partial charge on any atom is 0.292 e. The highest BCUT2D eigenvalue weighted by atomic mass is 35.5. The lowest BCUT2D eigenvalue weighted by Gasteiger charge is -2.15. The molecule has 0 aliphatic heterocycles. The highest BCUT2D eigenvalue weighted by Crippen LogP contribution is 2.38. The maximum atomic E-state index is 13.1. The van der Waals surface area contributed by atoms with Gasteiger partial charge in [-0.3, -0.25) is 4.79 Å². The number of halogens is 1. The van der Waals surface area contributed by atoms with Gasteiger partial charge in [0.1, 0.15) is 5.52 Å². The van der Waals surface area contributed by atoms with Gasteiger partial charge in [-0.25, -0.2) is 4.98 Å². The van der Waals surface area contributed by atoms with E-state index in [1.54, 1.807) is 12.1 Å². The summed E-state index contributed by atoms with van der Waals surface area (Å²) in [7, 11) is 0. The Morgan fingerprint density at radius 3 is 2.60 bits per heavy atom. The number of benzene rings is 3. The Morgan fingerprint density at radius 1 is 0.933 bits per heavy atom. The van der Waals surface area contributed by atoms with Gasteiger partial charge in [-0.15, -0.1) is 0 Å². The molecular formula is C25H17ClN2O2. The summed E-state index contributed by atoms with van der Waals surface area (Å²) in [6.07, 6.45) is 0. The van der Waals surface area contributed by atoms with E-state index in [0.29, 0.717) is 27.4 Å². The Hall–Kier alpha value is -3.63. The van der Waals surface area contributed by atoms with Gasteiger partial charge < -0.3 is 9.72 Å². The van der Waals surface area contributed by atoms with Crippen LogP contribution in [0.3, 0.4) is 0 Å². The molecule has 0 spiro atoms. The van der Waals surface area contributed by atoms with Gasteiger partial charge >= 0.3 is 0 Å². The van der Waals surface area contributed by atoms with E-state index in [-0.39, 0.29) is 11.3 Å². The smallest absolute Gasteiger partial charge is 0.292 e. The zero-order valence-electron chi connectivity index (χ0n) is 16.1. The summed E-state index contributed by atoms with van der Waals surface area (Å²) in [5.74, 6) is 0.743. The summed E-state index contributed by atoms with van der Waals surface area (Å²) in [4.78, 5) is 20.6. The minimum atomic E-state index is -0.312. The van der Waals surface area contributed by atoms with Crippen molar-refractivity contribution >= 4 is 33.4 Å². The lowest BCUT2D eigenvalue weighted by molar-refractivity contribution is 0.482. The molecule has 4 nitrogen and oxygen atoms in total. The summed E-state index contributed by atoms with van der Waals surface area (Å²) in [5.41, 5.74) is 3.54. The summed E-state index contributed by atoms with van der Waals surface area (Å²) in [6.45, 7) is 1.93. The molecular weight excluding hydrogens is 396 g/mol. The molecule has 0 saturated carbocycles. The van der Waals surface area contributed by atoms with Crippen LogP contribution >= 0.6 is 11.6 Å². The predicted octanol–water partition coefficient (Wildman–Crippen LogP) is 6.50. The van der Waals surface area contributed by atoms with Crippen LogP contribution in [-0.4, -0.2) is 9.97 Å². The van der Waals surface area contributed by atoms with Crippen molar-refractivity contribution in [3.8, 4) is 22.6 Å². The summed E-state index contributed by atoms with van der Waals surface area (Å²) in [5, 5.41) is 2.34. The second-order valence-corrected chi connectivity index (χ2v) is 7.53. The van der Waals surface area contributed by atoms with E-state index >= 15 is 0 Å². The van der Waals surface area contributed by atoms with Crippen LogP contribution in [0.15, 0.2) is 83.7 Å². The minimum Gasteiger partial charge on any atom is -0.449 e. The Morgan fingerprint density at radius 2 is 1.77 bits per heavy atom. The van der Waals surface area contributed by atoms with Gasteiger partial charge in [-0.2, -0.15) is 0 Å². The van der Waals surface area contributed by atoms with Crippen molar-refractivity contribution in [2.45, 2.75) is 6.92 Å². The van der Waals surface area contributed by atoms with Crippen molar-refractivity contribution < 1.29 is 4.74 Å². The third kappa shape index (κ3) is 3.21. The Bertz CT molecular complexity index is 1460. The van der Waals surface area contributed by atoms with Gasteiger partial charge in [-0.05, 0) is 42.8 Å². The van der Waals surface area contributed by atoms with Crippen LogP contribution < -0.4 is 10.3 Å². The first-order valence-electron chi connectivity index (χ1n) is 9.55. The summed E-state index contributed by atoms with van der Waals surface area (Å²) < 4.78 is 6.26. The van der Waals surface area contributed by atoms with Crippen LogP contribution in [0.5, 0.6) is 11.5 Å². The normalized spacial score (nSPS) is 11.1. The number of nitrogens with zero attached hydrogens (tertiary/aromatic N) is 1. The van der Waals surface area contributed by atoms with E-state index in [0.717, 1.165) is 22.0 Å². The molecule has 0 unspecified atom stereocenters. The number of fused-ring (bicyclic) bond motifs is 2. The van der Waals surface area contributed by atoms with Crippen molar-refractivity contribution in [2.75, 3.05) is 0 Å². The lowest BCUT2D eigenvalue weighted by Crippen LogP contribution is -2.11. The second kappa shape index (κ2) is 7.32. The van der Waals surface area contributed by atoms with Crippen molar-refractivity contribution in [1.82, 2.24) is 9.97 Å². The molecule has 2 heterocycles. The number of aromatic amines is 1. The zero-order valence-corrected chi connectivity index (χ0v) is 16.9. The van der Waals surface area contributed by atoms with E-state index in [9.17, 15) is 4.79 Å². The van der Waals surface area contributed by atoms with Crippen LogP contribution in [0.2, 0.25) is 5.02 Å². The number of H-pyrrole nitrogens is 1. The van der Waals surface area contributed by atoms with Gasteiger partial charge in [0, 0.05) is 32.6 Å². The maximum absolute atomic E-state index is 13.1. The van der Waals surface area contributed by atoms with E-state index in [2.05, 4.69) is 9.97 Å². The van der Waals surface area contributed by atoms with Gasteiger partial charge in [0.05, 0.1) is 0 Å². The second-order valence-electron chi connectivity index (χ2n) is 7.10. The lowest BCUT2D eigenvalue weighted by atomic mass is 10.00. The van der Waals surface area contributed by atoms with Gasteiger partial charge in [0.15, 0.2) is 5.75 Å². The van der Waals surface area contributed by atoms with Crippen molar-refractivity contribution in [3.05, 3.63) is 99.9 Å². The number of para-hydroxylation sites is 1. The molecule has 0 atom stereocenters. The van der Waals surface area contributed by atoms with E-state index in [1.807, 2.05) is 73.7 Å². The van der Waals surface area contributed by atoms with Crippen LogP contribution in [0, 0.1) is 6.92 Å². The monoisotopic (exact) mass is 412 g/mol. The number of ether oxygens (including phenoxy) is 1. The molecule has 0 amide bonds. The summed E-state index contributed by atoms with van der Waals surface area (Å²) in [6, 6.07) is 24.7. The van der Waals surface area contributed by atoms with Gasteiger partial charge in [-0.1, -0.05) is 60.1 Å². The zero-order chi connectivity index (χ0) is 20.7. The van der Waals surface area contributed by atoms with E-state index in [4.69, 9.17) is 16.3 Å². The Balaban J connectivity index is 1.81. The van der Waals surface area contributed by atoms with Gasteiger partial charge in [0.2, 0.25) is 5.75 Å². The molecule has 5 heteroatoms.